The van der Waals surface area contributed by atoms with E-state index >= 15 is 0 Å². The fourth-order valence-corrected chi connectivity index (χ4v) is 4.35. The molecule has 5 heteroatoms. The molecule has 3 nitrogen and oxygen atoms in total. The van der Waals surface area contributed by atoms with E-state index in [2.05, 4.69) is 34.8 Å². The van der Waals surface area contributed by atoms with Crippen LogP contribution in [0, 0.1) is 5.41 Å². The van der Waals surface area contributed by atoms with Crippen molar-refractivity contribution in [2.24, 2.45) is 5.41 Å². The summed E-state index contributed by atoms with van der Waals surface area (Å²) in [5.74, 6) is 0. The zero-order valence-electron chi connectivity index (χ0n) is 12.1. The van der Waals surface area contributed by atoms with Gasteiger partial charge < -0.3 is 0 Å². The second kappa shape index (κ2) is 6.85. The maximum atomic E-state index is 12.5. The van der Waals surface area contributed by atoms with Gasteiger partial charge in [-0.25, -0.2) is 4.98 Å². The molecular weight excluding hydrogens is 336 g/mol. The molecule has 0 bridgehead atoms. The van der Waals surface area contributed by atoms with Crippen LogP contribution < -0.4 is 5.56 Å². The Hall–Kier alpha value is -0.680. The number of hydrogen-bond donors (Lipinski definition) is 0. The van der Waals surface area contributed by atoms with Gasteiger partial charge >= 0.3 is 0 Å². The van der Waals surface area contributed by atoms with Crippen LogP contribution in [0.3, 0.4) is 0 Å². The number of fused-ring (bicyclic) bond motifs is 1. The van der Waals surface area contributed by atoms with Crippen LogP contribution in [0.4, 0.5) is 0 Å². The molecule has 110 valence electrons. The summed E-state index contributed by atoms with van der Waals surface area (Å²) in [6.07, 6.45) is 6.23. The van der Waals surface area contributed by atoms with E-state index in [9.17, 15) is 4.79 Å². The fourth-order valence-electron chi connectivity index (χ4n) is 2.89. The van der Waals surface area contributed by atoms with E-state index in [0.717, 1.165) is 47.8 Å². The predicted molar refractivity (Wildman–Crippen MR) is 89.9 cm³/mol. The van der Waals surface area contributed by atoms with Crippen LogP contribution in [0.25, 0.3) is 10.2 Å². The van der Waals surface area contributed by atoms with Gasteiger partial charge in [-0.3, -0.25) is 9.36 Å². The van der Waals surface area contributed by atoms with Crippen molar-refractivity contribution in [1.29, 1.82) is 0 Å². The van der Waals surface area contributed by atoms with Gasteiger partial charge in [0.2, 0.25) is 0 Å². The summed E-state index contributed by atoms with van der Waals surface area (Å²) in [5, 5.41) is 3.60. The maximum absolute atomic E-state index is 12.5. The lowest BCUT2D eigenvalue weighted by Crippen LogP contribution is -2.33. The maximum Gasteiger partial charge on any atom is 0.262 e. The van der Waals surface area contributed by atoms with Crippen LogP contribution in [0.2, 0.25) is 0 Å². The highest BCUT2D eigenvalue weighted by Crippen LogP contribution is 2.33. The number of alkyl halides is 1. The first-order chi connectivity index (χ1) is 9.65. The second-order valence-electron chi connectivity index (χ2n) is 5.45. The van der Waals surface area contributed by atoms with Crippen LogP contribution in [-0.4, -0.2) is 14.9 Å². The standard InChI is InChI=1S/C15H21BrN2OS/c1-3-6-15(9-16,7-4-2)10-18-11-17-13-12(14(18)19)5-8-20-13/h5,8,11H,3-4,6-7,9-10H2,1-2H3. The first kappa shape index (κ1) is 15.7. The van der Waals surface area contributed by atoms with Crippen LogP contribution in [-0.2, 0) is 6.54 Å². The molecular formula is C15H21BrN2OS. The SMILES string of the molecule is CCCC(CBr)(CCC)Cn1cnc2sccc2c1=O. The van der Waals surface area contributed by atoms with Crippen molar-refractivity contribution in [2.45, 2.75) is 46.1 Å². The number of aromatic nitrogens is 2. The Balaban J connectivity index is 2.37. The lowest BCUT2D eigenvalue weighted by Gasteiger charge is -2.32. The molecule has 2 heterocycles. The minimum absolute atomic E-state index is 0.0915. The lowest BCUT2D eigenvalue weighted by atomic mass is 9.81. The fraction of sp³-hybridized carbons (Fsp3) is 0.600. The number of thiophene rings is 1. The molecule has 2 aromatic rings. The molecule has 0 aromatic carbocycles. The average Bonchev–Trinajstić information content (AvgIpc) is 2.91. The molecule has 0 radical (unpaired) electrons. The smallest absolute Gasteiger partial charge is 0.262 e. The summed E-state index contributed by atoms with van der Waals surface area (Å²) < 4.78 is 1.79. The molecule has 0 aliphatic carbocycles. The van der Waals surface area contributed by atoms with Crippen molar-refractivity contribution in [2.75, 3.05) is 5.33 Å². The summed E-state index contributed by atoms with van der Waals surface area (Å²) in [6, 6.07) is 1.88. The normalized spacial score (nSPS) is 12.2. The summed E-state index contributed by atoms with van der Waals surface area (Å²) >= 11 is 5.19. The lowest BCUT2D eigenvalue weighted by molar-refractivity contribution is 0.230. The van der Waals surface area contributed by atoms with E-state index in [1.165, 1.54) is 11.3 Å². The molecule has 0 N–H and O–H groups in total. The minimum Gasteiger partial charge on any atom is -0.298 e. The number of rotatable bonds is 7. The van der Waals surface area contributed by atoms with Crippen molar-refractivity contribution in [1.82, 2.24) is 9.55 Å². The first-order valence-electron chi connectivity index (χ1n) is 7.14. The molecule has 0 fully saturated rings. The Kier molecular flexibility index (Phi) is 5.38. The number of hydrogen-bond acceptors (Lipinski definition) is 3. The van der Waals surface area contributed by atoms with E-state index in [0.29, 0.717) is 0 Å². The van der Waals surface area contributed by atoms with Crippen LogP contribution >= 0.6 is 27.3 Å². The van der Waals surface area contributed by atoms with Crippen LogP contribution in [0.5, 0.6) is 0 Å². The average molecular weight is 357 g/mol. The molecule has 0 amide bonds. The van der Waals surface area contributed by atoms with Gasteiger partial charge in [0.25, 0.3) is 5.56 Å². The highest BCUT2D eigenvalue weighted by Gasteiger charge is 2.28. The Morgan fingerprint density at radius 1 is 1.35 bits per heavy atom. The summed E-state index contributed by atoms with van der Waals surface area (Å²) in [5.41, 5.74) is 0.243. The Morgan fingerprint density at radius 3 is 2.65 bits per heavy atom. The van der Waals surface area contributed by atoms with Crippen molar-refractivity contribution < 1.29 is 0 Å². The molecule has 0 unspecified atom stereocenters. The zero-order chi connectivity index (χ0) is 14.6. The Labute approximate surface area is 132 Å². The number of nitrogens with zero attached hydrogens (tertiary/aromatic N) is 2. The molecule has 0 spiro atoms. The number of halogens is 1. The van der Waals surface area contributed by atoms with Gasteiger partial charge in [0.15, 0.2) is 0 Å². The van der Waals surface area contributed by atoms with E-state index < -0.39 is 0 Å². The Morgan fingerprint density at radius 2 is 2.05 bits per heavy atom. The zero-order valence-corrected chi connectivity index (χ0v) is 14.5. The summed E-state index contributed by atoms with van der Waals surface area (Å²) in [4.78, 5) is 17.7. The van der Waals surface area contributed by atoms with Crippen LogP contribution in [0.15, 0.2) is 22.6 Å². The van der Waals surface area contributed by atoms with Gasteiger partial charge in [0.1, 0.15) is 4.83 Å². The molecule has 0 saturated carbocycles. The molecule has 0 aliphatic heterocycles. The quantitative estimate of drug-likeness (QED) is 0.687. The second-order valence-corrected chi connectivity index (χ2v) is 6.91. The first-order valence-corrected chi connectivity index (χ1v) is 9.14. The summed E-state index contributed by atoms with van der Waals surface area (Å²) in [7, 11) is 0. The molecule has 2 aromatic heterocycles. The third kappa shape index (κ3) is 3.14. The van der Waals surface area contributed by atoms with Gasteiger partial charge in [0, 0.05) is 11.9 Å². The van der Waals surface area contributed by atoms with Gasteiger partial charge in [0.05, 0.1) is 11.7 Å². The topological polar surface area (TPSA) is 34.9 Å². The molecule has 20 heavy (non-hydrogen) atoms. The monoisotopic (exact) mass is 356 g/mol. The molecule has 0 saturated heterocycles. The highest BCUT2D eigenvalue weighted by molar-refractivity contribution is 9.09. The van der Waals surface area contributed by atoms with Gasteiger partial charge in [-0.2, -0.15) is 0 Å². The Bertz CT molecular complexity index is 614. The van der Waals surface area contributed by atoms with Gasteiger partial charge in [-0.05, 0) is 29.7 Å². The third-order valence-corrected chi connectivity index (χ3v) is 5.81. The summed E-state index contributed by atoms with van der Waals surface area (Å²) in [6.45, 7) is 5.16. The van der Waals surface area contributed by atoms with E-state index in [4.69, 9.17) is 0 Å². The van der Waals surface area contributed by atoms with Crippen molar-refractivity contribution in [3.05, 3.63) is 28.1 Å². The third-order valence-electron chi connectivity index (χ3n) is 3.80. The van der Waals surface area contributed by atoms with Gasteiger partial charge in [-0.1, -0.05) is 42.6 Å². The van der Waals surface area contributed by atoms with E-state index in [-0.39, 0.29) is 11.0 Å². The molecule has 0 aliphatic rings. The van der Waals surface area contributed by atoms with Crippen molar-refractivity contribution in [3.8, 4) is 0 Å². The van der Waals surface area contributed by atoms with Crippen LogP contribution in [0.1, 0.15) is 39.5 Å². The largest absolute Gasteiger partial charge is 0.298 e. The van der Waals surface area contributed by atoms with Crippen molar-refractivity contribution in [3.63, 3.8) is 0 Å². The minimum atomic E-state index is 0.0915. The predicted octanol–water partition coefficient (Wildman–Crippen LogP) is 4.44. The highest BCUT2D eigenvalue weighted by atomic mass is 79.9. The van der Waals surface area contributed by atoms with Gasteiger partial charge in [-0.15, -0.1) is 11.3 Å². The van der Waals surface area contributed by atoms with E-state index in [1.54, 1.807) is 10.9 Å². The molecule has 0 atom stereocenters. The molecule has 2 rings (SSSR count). The van der Waals surface area contributed by atoms with Crippen molar-refractivity contribution >= 4 is 37.5 Å². The van der Waals surface area contributed by atoms with E-state index in [1.807, 2.05) is 11.4 Å².